The van der Waals surface area contributed by atoms with E-state index in [1.807, 2.05) is 77.1 Å². The molecule has 0 fully saturated rings. The monoisotopic (exact) mass is 464 g/mol. The van der Waals surface area contributed by atoms with Crippen molar-refractivity contribution in [3.8, 4) is 11.5 Å². The van der Waals surface area contributed by atoms with Crippen LogP contribution in [0.5, 0.6) is 11.5 Å². The van der Waals surface area contributed by atoms with Crippen LogP contribution in [0.3, 0.4) is 0 Å². The van der Waals surface area contributed by atoms with Crippen LogP contribution < -0.4 is 9.47 Å². The van der Waals surface area contributed by atoms with Crippen molar-refractivity contribution in [2.75, 3.05) is 13.7 Å². The molecule has 1 atom stereocenters. The van der Waals surface area contributed by atoms with E-state index in [9.17, 15) is 4.79 Å². The van der Waals surface area contributed by atoms with Gasteiger partial charge in [-0.25, -0.2) is 4.79 Å². The Morgan fingerprint density at radius 3 is 2.35 bits per heavy atom. The lowest BCUT2D eigenvalue weighted by Crippen LogP contribution is -2.35. The van der Waals surface area contributed by atoms with Gasteiger partial charge in [-0.2, -0.15) is 0 Å². The molecule has 3 rings (SSSR count). The Labute approximate surface area is 203 Å². The van der Waals surface area contributed by atoms with Crippen LogP contribution in [0.15, 0.2) is 65.8 Å². The van der Waals surface area contributed by atoms with Crippen molar-refractivity contribution >= 4 is 5.97 Å². The Morgan fingerprint density at radius 1 is 1.03 bits per heavy atom. The fraction of sp³-hybridized carbons (Fsp3) is 0.414. The van der Waals surface area contributed by atoms with Crippen LogP contribution in [0.2, 0.25) is 0 Å². The number of carbonyl (C=O) groups is 1. The summed E-state index contributed by atoms with van der Waals surface area (Å²) in [5.74, 6) is 0.836. The molecule has 0 aromatic heterocycles. The van der Waals surface area contributed by atoms with Crippen LogP contribution in [0, 0.1) is 6.92 Å². The zero-order valence-electron chi connectivity index (χ0n) is 21.4. The maximum absolute atomic E-state index is 12.6. The summed E-state index contributed by atoms with van der Waals surface area (Å²) in [5.41, 5.74) is 3.66. The van der Waals surface area contributed by atoms with E-state index in [0.717, 1.165) is 27.8 Å². The van der Waals surface area contributed by atoms with Gasteiger partial charge in [0, 0.05) is 12.0 Å². The summed E-state index contributed by atoms with van der Waals surface area (Å²) in [4.78, 5) is 12.6. The van der Waals surface area contributed by atoms with Crippen molar-refractivity contribution in [3.05, 3.63) is 82.5 Å². The molecule has 5 nitrogen and oxygen atoms in total. The van der Waals surface area contributed by atoms with Crippen molar-refractivity contribution in [1.29, 1.82) is 0 Å². The lowest BCUT2D eigenvalue weighted by molar-refractivity contribution is -0.165. The molecule has 1 aliphatic carbocycles. The molecule has 0 radical (unpaired) electrons. The topological polar surface area (TPSA) is 54.0 Å². The number of allylic oxidation sites excluding steroid dienone is 2. The first kappa shape index (κ1) is 25.6. The number of carbonyl (C=O) groups excluding carboxylic acids is 1. The maximum atomic E-state index is 12.6. The van der Waals surface area contributed by atoms with E-state index in [1.54, 1.807) is 7.11 Å². The second kappa shape index (κ2) is 10.5. The summed E-state index contributed by atoms with van der Waals surface area (Å²) in [6.07, 6.45) is 4.79. The van der Waals surface area contributed by atoms with E-state index in [1.165, 1.54) is 0 Å². The lowest BCUT2D eigenvalue weighted by atomic mass is 9.79. The van der Waals surface area contributed by atoms with Crippen molar-refractivity contribution in [1.82, 2.24) is 0 Å². The SMILES string of the molecule is COc1c(OCc2ccccc2)ccc(C)c1C1(OCC(=O)OC(C)(C)C)C=C(C)C=C(C)C1. The van der Waals surface area contributed by atoms with Gasteiger partial charge < -0.3 is 18.9 Å². The van der Waals surface area contributed by atoms with Gasteiger partial charge in [-0.15, -0.1) is 0 Å². The molecule has 1 aliphatic rings. The summed E-state index contributed by atoms with van der Waals surface area (Å²) >= 11 is 0. The maximum Gasteiger partial charge on any atom is 0.332 e. The summed E-state index contributed by atoms with van der Waals surface area (Å²) in [6, 6.07) is 13.9. The fourth-order valence-electron chi connectivity index (χ4n) is 4.44. The van der Waals surface area contributed by atoms with Crippen molar-refractivity contribution in [2.45, 2.75) is 65.8 Å². The average Bonchev–Trinajstić information content (AvgIpc) is 2.75. The molecular weight excluding hydrogens is 428 g/mol. The van der Waals surface area contributed by atoms with E-state index in [2.05, 4.69) is 19.1 Å². The van der Waals surface area contributed by atoms with Crippen LogP contribution in [-0.2, 0) is 26.5 Å². The number of benzene rings is 2. The van der Waals surface area contributed by atoms with Gasteiger partial charge in [0.25, 0.3) is 0 Å². The highest BCUT2D eigenvalue weighted by Crippen LogP contribution is 2.47. The zero-order valence-corrected chi connectivity index (χ0v) is 21.4. The highest BCUT2D eigenvalue weighted by molar-refractivity contribution is 5.71. The molecule has 0 amide bonds. The third-order valence-corrected chi connectivity index (χ3v) is 5.54. The van der Waals surface area contributed by atoms with Crippen molar-refractivity contribution < 1.29 is 23.7 Å². The van der Waals surface area contributed by atoms with Crippen molar-refractivity contribution in [3.63, 3.8) is 0 Å². The van der Waals surface area contributed by atoms with E-state index >= 15 is 0 Å². The smallest absolute Gasteiger partial charge is 0.332 e. The average molecular weight is 465 g/mol. The molecule has 2 aromatic rings. The molecule has 0 heterocycles. The summed E-state index contributed by atoms with van der Waals surface area (Å²) in [6.45, 7) is 11.9. The number of esters is 1. The second-order valence-electron chi connectivity index (χ2n) is 9.88. The highest BCUT2D eigenvalue weighted by atomic mass is 16.6. The molecule has 0 saturated carbocycles. The predicted octanol–water partition coefficient (Wildman–Crippen LogP) is 6.43. The summed E-state index contributed by atoms with van der Waals surface area (Å²) < 4.78 is 24.0. The van der Waals surface area contributed by atoms with Crippen LogP contribution in [0.25, 0.3) is 0 Å². The summed E-state index contributed by atoms with van der Waals surface area (Å²) in [7, 11) is 1.64. The molecule has 0 spiro atoms. The summed E-state index contributed by atoms with van der Waals surface area (Å²) in [5, 5.41) is 0. The van der Waals surface area contributed by atoms with Crippen LogP contribution >= 0.6 is 0 Å². The van der Waals surface area contributed by atoms with Gasteiger partial charge in [0.15, 0.2) is 11.5 Å². The minimum Gasteiger partial charge on any atom is -0.492 e. The van der Waals surface area contributed by atoms with Gasteiger partial charge in [-0.05, 0) is 64.8 Å². The van der Waals surface area contributed by atoms with Gasteiger partial charge in [0.05, 0.1) is 7.11 Å². The molecule has 5 heteroatoms. The molecule has 0 bridgehead atoms. The lowest BCUT2D eigenvalue weighted by Gasteiger charge is -2.37. The highest BCUT2D eigenvalue weighted by Gasteiger charge is 2.39. The van der Waals surface area contributed by atoms with Gasteiger partial charge in [-0.3, -0.25) is 0 Å². The van der Waals surface area contributed by atoms with E-state index < -0.39 is 17.2 Å². The minimum atomic E-state index is -0.888. The van der Waals surface area contributed by atoms with Gasteiger partial charge in [0.2, 0.25) is 0 Å². The fourth-order valence-corrected chi connectivity index (χ4v) is 4.44. The standard InChI is InChI=1S/C29H36O5/c1-20-15-21(2)17-29(16-20,33-19-25(30)34-28(4,5)6)26-22(3)13-14-24(27(26)31-7)32-18-23-11-9-8-10-12-23/h8-16H,17-19H2,1-7H3. The normalized spacial score (nSPS) is 18.1. The van der Waals surface area contributed by atoms with Crippen molar-refractivity contribution in [2.24, 2.45) is 0 Å². The molecule has 182 valence electrons. The van der Waals surface area contributed by atoms with Gasteiger partial charge in [0.1, 0.15) is 24.4 Å². The van der Waals surface area contributed by atoms with Gasteiger partial charge in [-0.1, -0.05) is 53.6 Å². The molecule has 34 heavy (non-hydrogen) atoms. The van der Waals surface area contributed by atoms with E-state index in [-0.39, 0.29) is 6.61 Å². The Balaban J connectivity index is 2.01. The number of methoxy groups -OCH3 is 1. The third-order valence-electron chi connectivity index (χ3n) is 5.54. The number of hydrogen-bond acceptors (Lipinski definition) is 5. The number of hydrogen-bond donors (Lipinski definition) is 0. The van der Waals surface area contributed by atoms with Crippen LogP contribution in [-0.4, -0.2) is 25.3 Å². The Hall–Kier alpha value is -3.05. The Bertz CT molecular complexity index is 1080. The van der Waals surface area contributed by atoms with E-state index in [0.29, 0.717) is 24.5 Å². The number of rotatable bonds is 8. The first-order valence-electron chi connectivity index (χ1n) is 11.6. The Kier molecular flexibility index (Phi) is 7.88. The molecule has 0 saturated heterocycles. The molecule has 1 unspecified atom stereocenters. The molecular formula is C29H36O5. The minimum absolute atomic E-state index is 0.175. The van der Waals surface area contributed by atoms with Crippen LogP contribution in [0.1, 0.15) is 57.7 Å². The molecule has 2 aromatic carbocycles. The van der Waals surface area contributed by atoms with Gasteiger partial charge >= 0.3 is 5.97 Å². The predicted molar refractivity (Wildman–Crippen MR) is 134 cm³/mol. The quantitative estimate of drug-likeness (QED) is 0.421. The molecule has 0 N–H and O–H groups in total. The Morgan fingerprint density at radius 2 is 1.74 bits per heavy atom. The van der Waals surface area contributed by atoms with Crippen LogP contribution in [0.4, 0.5) is 0 Å². The number of aryl methyl sites for hydroxylation is 1. The number of ether oxygens (including phenoxy) is 4. The third kappa shape index (κ3) is 6.29. The second-order valence-corrected chi connectivity index (χ2v) is 9.88. The molecule has 0 aliphatic heterocycles. The first-order chi connectivity index (χ1) is 16.0. The largest absolute Gasteiger partial charge is 0.492 e. The van der Waals surface area contributed by atoms with E-state index in [4.69, 9.17) is 18.9 Å². The zero-order chi connectivity index (χ0) is 24.9. The first-order valence-corrected chi connectivity index (χ1v) is 11.6.